The second kappa shape index (κ2) is 8.18. The first-order valence-corrected chi connectivity index (χ1v) is 7.05. The molecule has 0 amide bonds. The number of carbonyl (C=O) groups excluding carboxylic acids is 1. The van der Waals surface area contributed by atoms with E-state index in [1.54, 1.807) is 0 Å². The normalized spacial score (nSPS) is 13.9. The summed E-state index contributed by atoms with van der Waals surface area (Å²) in [5, 5.41) is 4.03. The zero-order valence-corrected chi connectivity index (χ0v) is 12.5. The van der Waals surface area contributed by atoms with Crippen LogP contribution in [-0.4, -0.2) is 19.1 Å². The Morgan fingerprint density at radius 3 is 2.53 bits per heavy atom. The van der Waals surface area contributed by atoms with Crippen LogP contribution in [0.3, 0.4) is 0 Å². The van der Waals surface area contributed by atoms with Gasteiger partial charge in [0.05, 0.1) is 7.11 Å². The molecule has 0 spiro atoms. The van der Waals surface area contributed by atoms with Crippen molar-refractivity contribution in [3.05, 3.63) is 34.9 Å². The summed E-state index contributed by atoms with van der Waals surface area (Å²) in [5.41, 5.74) is 1.11. The van der Waals surface area contributed by atoms with Crippen LogP contribution in [0.15, 0.2) is 24.3 Å². The number of hydrogen-bond donors (Lipinski definition) is 1. The maximum atomic E-state index is 11.7. The Morgan fingerprint density at radius 1 is 1.37 bits per heavy atom. The second-order valence-corrected chi connectivity index (χ2v) is 5.09. The molecule has 0 saturated carbocycles. The summed E-state index contributed by atoms with van der Waals surface area (Å²) < 4.78 is 4.84. The van der Waals surface area contributed by atoms with E-state index in [9.17, 15) is 4.79 Å². The molecule has 0 aromatic heterocycles. The summed E-state index contributed by atoms with van der Waals surface area (Å²) in [5.74, 6) is -0.200. The Labute approximate surface area is 120 Å². The zero-order chi connectivity index (χ0) is 14.3. The van der Waals surface area contributed by atoms with Crippen LogP contribution in [-0.2, 0) is 9.53 Å². The lowest BCUT2D eigenvalue weighted by molar-refractivity contribution is -0.143. The molecule has 0 aliphatic heterocycles. The van der Waals surface area contributed by atoms with Gasteiger partial charge in [0, 0.05) is 11.1 Å². The number of hydrogen-bond acceptors (Lipinski definition) is 3. The minimum Gasteiger partial charge on any atom is -0.468 e. The fourth-order valence-corrected chi connectivity index (χ4v) is 2.10. The topological polar surface area (TPSA) is 38.3 Å². The summed E-state index contributed by atoms with van der Waals surface area (Å²) in [6.45, 7) is 4.14. The van der Waals surface area contributed by atoms with E-state index in [2.05, 4.69) is 12.2 Å². The number of ether oxygens (including phenoxy) is 1. The van der Waals surface area contributed by atoms with E-state index in [0.717, 1.165) is 24.8 Å². The molecule has 1 aromatic rings. The van der Waals surface area contributed by atoms with Crippen molar-refractivity contribution in [3.8, 4) is 0 Å². The summed E-state index contributed by atoms with van der Waals surface area (Å²) in [6, 6.07) is 7.47. The Bertz CT molecular complexity index is 392. The van der Waals surface area contributed by atoms with E-state index in [1.165, 1.54) is 7.11 Å². The van der Waals surface area contributed by atoms with Crippen LogP contribution in [0.25, 0.3) is 0 Å². The summed E-state index contributed by atoms with van der Waals surface area (Å²) in [6.07, 6.45) is 2.85. The molecule has 3 nitrogen and oxygen atoms in total. The number of rotatable bonds is 7. The molecule has 0 radical (unpaired) electrons. The van der Waals surface area contributed by atoms with Crippen molar-refractivity contribution >= 4 is 17.6 Å². The van der Waals surface area contributed by atoms with Crippen LogP contribution in [0.4, 0.5) is 0 Å². The Morgan fingerprint density at radius 2 is 2.00 bits per heavy atom. The zero-order valence-electron chi connectivity index (χ0n) is 11.8. The Kier molecular flexibility index (Phi) is 6.89. The van der Waals surface area contributed by atoms with E-state index in [1.807, 2.05) is 31.2 Å². The lowest BCUT2D eigenvalue weighted by Gasteiger charge is -2.21. The van der Waals surface area contributed by atoms with E-state index in [0.29, 0.717) is 5.02 Å². The summed E-state index contributed by atoms with van der Waals surface area (Å²) in [4.78, 5) is 11.7. The fourth-order valence-electron chi connectivity index (χ4n) is 1.97. The number of benzene rings is 1. The lowest BCUT2D eigenvalue weighted by Crippen LogP contribution is -2.39. The Balaban J connectivity index is 2.66. The standard InChI is InChI=1S/C15H22ClNO2/c1-4-5-6-14(15(18)19-3)17-11(2)12-7-9-13(16)10-8-12/h7-11,14,17H,4-6H2,1-3H3/t11-,14?/m1/s1. The van der Waals surface area contributed by atoms with Gasteiger partial charge in [-0.1, -0.05) is 43.5 Å². The molecule has 1 aromatic carbocycles. The van der Waals surface area contributed by atoms with Gasteiger partial charge in [0.15, 0.2) is 0 Å². The number of unbranched alkanes of at least 4 members (excludes halogenated alkanes) is 1. The number of carbonyl (C=O) groups is 1. The molecular weight excluding hydrogens is 262 g/mol. The van der Waals surface area contributed by atoms with Crippen LogP contribution in [0.2, 0.25) is 5.02 Å². The SMILES string of the molecule is CCCCC(N[C@H](C)c1ccc(Cl)cc1)C(=O)OC. The molecule has 1 unspecified atom stereocenters. The molecule has 0 aliphatic rings. The number of halogens is 1. The highest BCUT2D eigenvalue weighted by Gasteiger charge is 2.20. The van der Waals surface area contributed by atoms with Gasteiger partial charge in [-0.15, -0.1) is 0 Å². The average Bonchev–Trinajstić information content (AvgIpc) is 2.43. The minimum absolute atomic E-state index is 0.0817. The molecule has 19 heavy (non-hydrogen) atoms. The first-order chi connectivity index (χ1) is 9.08. The largest absolute Gasteiger partial charge is 0.468 e. The van der Waals surface area contributed by atoms with Crippen LogP contribution in [0.5, 0.6) is 0 Å². The van der Waals surface area contributed by atoms with Crippen molar-refractivity contribution in [2.24, 2.45) is 0 Å². The van der Waals surface area contributed by atoms with Crippen molar-refractivity contribution in [2.45, 2.75) is 45.2 Å². The van der Waals surface area contributed by atoms with Gasteiger partial charge in [0.1, 0.15) is 6.04 Å². The monoisotopic (exact) mass is 283 g/mol. The van der Waals surface area contributed by atoms with Gasteiger partial charge in [-0.3, -0.25) is 10.1 Å². The summed E-state index contributed by atoms with van der Waals surface area (Å²) in [7, 11) is 1.43. The van der Waals surface area contributed by atoms with Gasteiger partial charge in [-0.25, -0.2) is 0 Å². The van der Waals surface area contributed by atoms with E-state index < -0.39 is 0 Å². The predicted octanol–water partition coefficient (Wildman–Crippen LogP) is 3.72. The van der Waals surface area contributed by atoms with Crippen molar-refractivity contribution in [3.63, 3.8) is 0 Å². The quantitative estimate of drug-likeness (QED) is 0.775. The maximum Gasteiger partial charge on any atom is 0.322 e. The van der Waals surface area contributed by atoms with E-state index >= 15 is 0 Å². The van der Waals surface area contributed by atoms with Crippen LogP contribution in [0, 0.1) is 0 Å². The number of methoxy groups -OCH3 is 1. The third-order valence-electron chi connectivity index (χ3n) is 3.15. The molecule has 0 aliphatic carbocycles. The number of nitrogens with one attached hydrogen (secondary N) is 1. The summed E-state index contributed by atoms with van der Waals surface area (Å²) >= 11 is 5.87. The predicted molar refractivity (Wildman–Crippen MR) is 78.3 cm³/mol. The minimum atomic E-state index is -0.254. The first kappa shape index (κ1) is 16.0. The smallest absolute Gasteiger partial charge is 0.322 e. The lowest BCUT2D eigenvalue weighted by atomic mass is 10.0. The van der Waals surface area contributed by atoms with Crippen LogP contribution in [0.1, 0.15) is 44.7 Å². The molecule has 0 saturated heterocycles. The van der Waals surface area contributed by atoms with Crippen molar-refractivity contribution < 1.29 is 9.53 Å². The van der Waals surface area contributed by atoms with E-state index in [-0.39, 0.29) is 18.1 Å². The molecule has 2 atom stereocenters. The molecule has 1 N–H and O–H groups in total. The van der Waals surface area contributed by atoms with Crippen LogP contribution >= 0.6 is 11.6 Å². The molecule has 1 rings (SSSR count). The van der Waals surface area contributed by atoms with Gasteiger partial charge in [-0.05, 0) is 31.0 Å². The van der Waals surface area contributed by atoms with Gasteiger partial charge in [-0.2, -0.15) is 0 Å². The highest BCUT2D eigenvalue weighted by Crippen LogP contribution is 2.17. The molecule has 0 heterocycles. The maximum absolute atomic E-state index is 11.7. The molecule has 4 heteroatoms. The molecule has 0 bridgehead atoms. The highest BCUT2D eigenvalue weighted by atomic mass is 35.5. The first-order valence-electron chi connectivity index (χ1n) is 6.67. The van der Waals surface area contributed by atoms with Gasteiger partial charge in [0.2, 0.25) is 0 Å². The molecule has 0 fully saturated rings. The second-order valence-electron chi connectivity index (χ2n) is 4.66. The third kappa shape index (κ3) is 5.21. The van der Waals surface area contributed by atoms with Gasteiger partial charge < -0.3 is 4.74 Å². The Hall–Kier alpha value is -1.06. The fraction of sp³-hybridized carbons (Fsp3) is 0.533. The van der Waals surface area contributed by atoms with Crippen LogP contribution < -0.4 is 5.32 Å². The van der Waals surface area contributed by atoms with Crippen molar-refractivity contribution in [1.82, 2.24) is 5.32 Å². The van der Waals surface area contributed by atoms with Crippen molar-refractivity contribution in [1.29, 1.82) is 0 Å². The average molecular weight is 284 g/mol. The third-order valence-corrected chi connectivity index (χ3v) is 3.41. The highest BCUT2D eigenvalue weighted by molar-refractivity contribution is 6.30. The number of esters is 1. The molecular formula is C15H22ClNO2. The van der Waals surface area contributed by atoms with Gasteiger partial charge >= 0.3 is 5.97 Å². The molecule has 106 valence electrons. The van der Waals surface area contributed by atoms with Gasteiger partial charge in [0.25, 0.3) is 0 Å². The van der Waals surface area contributed by atoms with Crippen molar-refractivity contribution in [2.75, 3.05) is 7.11 Å². The van der Waals surface area contributed by atoms with E-state index in [4.69, 9.17) is 16.3 Å².